The molecule has 0 saturated heterocycles. The van der Waals surface area contributed by atoms with E-state index in [-0.39, 0.29) is 12.0 Å². The van der Waals surface area contributed by atoms with E-state index in [9.17, 15) is 9.90 Å². The third kappa shape index (κ3) is 3.74. The average Bonchev–Trinajstić information content (AvgIpc) is 2.49. The molecule has 0 aromatic heterocycles. The number of hydrogen-bond donors (Lipinski definition) is 3. The quantitative estimate of drug-likeness (QED) is 0.560. The van der Waals surface area contributed by atoms with Gasteiger partial charge in [0.05, 0.1) is 6.10 Å². The van der Waals surface area contributed by atoms with Gasteiger partial charge in [-0.2, -0.15) is 0 Å². The Morgan fingerprint density at radius 2 is 2.31 bits per heavy atom. The number of carbonyl (C=O) groups excluding carboxylic acids is 1. The Bertz CT molecular complexity index is 173. The van der Waals surface area contributed by atoms with Crippen LogP contribution < -0.4 is 11.1 Å². The fourth-order valence-corrected chi connectivity index (χ4v) is 1.71. The van der Waals surface area contributed by atoms with Crippen LogP contribution in [0.4, 0.5) is 0 Å². The number of aliphatic hydroxyl groups excluding tert-OH is 1. The van der Waals surface area contributed by atoms with Crippen LogP contribution in [0.5, 0.6) is 0 Å². The molecule has 0 bridgehead atoms. The zero-order valence-electron chi connectivity index (χ0n) is 7.83. The molecule has 0 spiro atoms. The molecular weight excluding hydrogens is 168 g/mol. The molecule has 1 amide bonds. The molecule has 0 aliphatic heterocycles. The molecule has 1 aliphatic rings. The lowest BCUT2D eigenvalue weighted by Gasteiger charge is -2.10. The Labute approximate surface area is 78.5 Å². The van der Waals surface area contributed by atoms with E-state index >= 15 is 0 Å². The topological polar surface area (TPSA) is 75.4 Å². The third-order valence-electron chi connectivity index (χ3n) is 2.47. The van der Waals surface area contributed by atoms with E-state index in [0.29, 0.717) is 25.4 Å². The van der Waals surface area contributed by atoms with Gasteiger partial charge in [-0.1, -0.05) is 0 Å². The van der Waals surface area contributed by atoms with Crippen LogP contribution in [0.3, 0.4) is 0 Å². The third-order valence-corrected chi connectivity index (χ3v) is 2.47. The summed E-state index contributed by atoms with van der Waals surface area (Å²) in [5.41, 5.74) is 5.23. The second-order valence-electron chi connectivity index (χ2n) is 3.68. The summed E-state index contributed by atoms with van der Waals surface area (Å²) >= 11 is 0. The van der Waals surface area contributed by atoms with Crippen molar-refractivity contribution in [3.63, 3.8) is 0 Å². The minimum Gasteiger partial charge on any atom is -0.393 e. The highest BCUT2D eigenvalue weighted by atomic mass is 16.3. The molecule has 1 aliphatic carbocycles. The lowest BCUT2D eigenvalue weighted by molar-refractivity contribution is -0.121. The van der Waals surface area contributed by atoms with Crippen LogP contribution >= 0.6 is 0 Å². The summed E-state index contributed by atoms with van der Waals surface area (Å²) in [4.78, 5) is 11.0. The van der Waals surface area contributed by atoms with E-state index in [1.165, 1.54) is 0 Å². The van der Waals surface area contributed by atoms with Crippen LogP contribution in [0.1, 0.15) is 25.7 Å². The van der Waals surface area contributed by atoms with E-state index in [1.807, 2.05) is 0 Å². The van der Waals surface area contributed by atoms with Gasteiger partial charge in [0.2, 0.25) is 5.91 Å². The summed E-state index contributed by atoms with van der Waals surface area (Å²) in [6.45, 7) is 1.09. The van der Waals surface area contributed by atoms with Crippen molar-refractivity contribution in [2.45, 2.75) is 31.8 Å². The molecule has 2 unspecified atom stereocenters. The van der Waals surface area contributed by atoms with Crippen molar-refractivity contribution < 1.29 is 9.90 Å². The lowest BCUT2D eigenvalue weighted by atomic mass is 10.1. The highest BCUT2D eigenvalue weighted by Gasteiger charge is 2.22. The second kappa shape index (κ2) is 5.19. The predicted molar refractivity (Wildman–Crippen MR) is 50.0 cm³/mol. The molecule has 13 heavy (non-hydrogen) atoms. The van der Waals surface area contributed by atoms with Gasteiger partial charge in [-0.25, -0.2) is 0 Å². The number of nitrogens with two attached hydrogens (primary N) is 1. The van der Waals surface area contributed by atoms with Gasteiger partial charge in [0.15, 0.2) is 0 Å². The van der Waals surface area contributed by atoms with Crippen LogP contribution in [0, 0.1) is 5.92 Å². The van der Waals surface area contributed by atoms with E-state index in [2.05, 4.69) is 5.32 Å². The minimum atomic E-state index is -0.156. The van der Waals surface area contributed by atoms with Crippen molar-refractivity contribution in [3.05, 3.63) is 0 Å². The molecule has 1 rings (SSSR count). The van der Waals surface area contributed by atoms with E-state index < -0.39 is 0 Å². The van der Waals surface area contributed by atoms with Gasteiger partial charge in [0, 0.05) is 19.5 Å². The average molecular weight is 186 g/mol. The fraction of sp³-hybridized carbons (Fsp3) is 0.889. The fourth-order valence-electron chi connectivity index (χ4n) is 1.71. The van der Waals surface area contributed by atoms with Gasteiger partial charge in [0.25, 0.3) is 0 Å². The van der Waals surface area contributed by atoms with E-state index in [0.717, 1.165) is 19.3 Å². The highest BCUT2D eigenvalue weighted by molar-refractivity contribution is 5.75. The van der Waals surface area contributed by atoms with Crippen molar-refractivity contribution in [1.82, 2.24) is 5.32 Å². The van der Waals surface area contributed by atoms with Gasteiger partial charge < -0.3 is 16.2 Å². The first-order valence-electron chi connectivity index (χ1n) is 4.87. The molecule has 1 saturated carbocycles. The molecule has 4 heteroatoms. The predicted octanol–water partition coefficient (Wildman–Crippen LogP) is -0.388. The minimum absolute atomic E-state index is 0.0175. The van der Waals surface area contributed by atoms with Crippen molar-refractivity contribution in [2.75, 3.05) is 13.1 Å². The standard InChI is InChI=1S/C9H18N2O2/c10-4-3-9(13)11-6-7-1-2-8(12)5-7/h7-8,12H,1-6,10H2,(H,11,13). The van der Waals surface area contributed by atoms with Crippen LogP contribution in [-0.2, 0) is 4.79 Å². The maximum absolute atomic E-state index is 11.0. The maximum Gasteiger partial charge on any atom is 0.221 e. The largest absolute Gasteiger partial charge is 0.393 e. The summed E-state index contributed by atoms with van der Waals surface area (Å²) in [7, 11) is 0. The molecule has 4 nitrogen and oxygen atoms in total. The number of hydrogen-bond acceptors (Lipinski definition) is 3. The van der Waals surface area contributed by atoms with Gasteiger partial charge >= 0.3 is 0 Å². The van der Waals surface area contributed by atoms with Gasteiger partial charge in [0.1, 0.15) is 0 Å². The zero-order chi connectivity index (χ0) is 9.68. The van der Waals surface area contributed by atoms with E-state index in [4.69, 9.17) is 5.73 Å². The molecule has 1 fully saturated rings. The lowest BCUT2D eigenvalue weighted by Crippen LogP contribution is -2.30. The van der Waals surface area contributed by atoms with Crippen LogP contribution in [0.25, 0.3) is 0 Å². The first-order chi connectivity index (χ1) is 6.22. The molecule has 2 atom stereocenters. The molecule has 4 N–H and O–H groups in total. The summed E-state index contributed by atoms with van der Waals surface area (Å²) in [5, 5.41) is 12.1. The molecular formula is C9H18N2O2. The molecule has 0 aromatic carbocycles. The monoisotopic (exact) mass is 186 g/mol. The Balaban J connectivity index is 2.09. The second-order valence-corrected chi connectivity index (χ2v) is 3.68. The van der Waals surface area contributed by atoms with Crippen LogP contribution in [-0.4, -0.2) is 30.2 Å². The number of rotatable bonds is 4. The van der Waals surface area contributed by atoms with Gasteiger partial charge in [-0.05, 0) is 25.2 Å². The molecule has 76 valence electrons. The Morgan fingerprint density at radius 3 is 2.85 bits per heavy atom. The SMILES string of the molecule is NCCC(=O)NCC1CCC(O)C1. The number of aliphatic hydroxyl groups is 1. The van der Waals surface area contributed by atoms with Crippen molar-refractivity contribution >= 4 is 5.91 Å². The number of carbonyl (C=O) groups is 1. The summed E-state index contributed by atoms with van der Waals surface area (Å²) in [6.07, 6.45) is 2.95. The van der Waals surface area contributed by atoms with E-state index in [1.54, 1.807) is 0 Å². The molecule has 0 aromatic rings. The number of amides is 1. The first kappa shape index (κ1) is 10.5. The smallest absolute Gasteiger partial charge is 0.221 e. The summed E-state index contributed by atoms with van der Waals surface area (Å²) < 4.78 is 0. The van der Waals surface area contributed by atoms with Crippen molar-refractivity contribution in [3.8, 4) is 0 Å². The van der Waals surface area contributed by atoms with Crippen molar-refractivity contribution in [2.24, 2.45) is 11.7 Å². The zero-order valence-corrected chi connectivity index (χ0v) is 7.83. The Morgan fingerprint density at radius 1 is 1.54 bits per heavy atom. The molecule has 0 radical (unpaired) electrons. The van der Waals surface area contributed by atoms with Gasteiger partial charge in [-0.3, -0.25) is 4.79 Å². The normalized spacial score (nSPS) is 27.5. The van der Waals surface area contributed by atoms with Crippen molar-refractivity contribution in [1.29, 1.82) is 0 Å². The Kier molecular flexibility index (Phi) is 4.18. The Hall–Kier alpha value is -0.610. The van der Waals surface area contributed by atoms with Gasteiger partial charge in [-0.15, -0.1) is 0 Å². The number of nitrogens with one attached hydrogen (secondary N) is 1. The summed E-state index contributed by atoms with van der Waals surface area (Å²) in [6, 6.07) is 0. The first-order valence-corrected chi connectivity index (χ1v) is 4.87. The molecule has 0 heterocycles. The van der Waals surface area contributed by atoms with Crippen LogP contribution in [0.2, 0.25) is 0 Å². The summed E-state index contributed by atoms with van der Waals surface area (Å²) in [5.74, 6) is 0.473. The highest BCUT2D eigenvalue weighted by Crippen LogP contribution is 2.24. The maximum atomic E-state index is 11.0. The van der Waals surface area contributed by atoms with Crippen LogP contribution in [0.15, 0.2) is 0 Å².